The summed E-state index contributed by atoms with van der Waals surface area (Å²) >= 11 is 0. The van der Waals surface area contributed by atoms with Gasteiger partial charge in [-0.2, -0.15) is 0 Å². The maximum absolute atomic E-state index is 13.6. The second-order valence-electron chi connectivity index (χ2n) is 5.22. The first-order valence-electron chi connectivity index (χ1n) is 7.30. The molecule has 1 aromatic heterocycles. The van der Waals surface area contributed by atoms with E-state index in [0.717, 1.165) is 6.07 Å². The Morgan fingerprint density at radius 1 is 1.17 bits per heavy atom. The van der Waals surface area contributed by atoms with Gasteiger partial charge in [0.2, 0.25) is 0 Å². The highest BCUT2D eigenvalue weighted by molar-refractivity contribution is 5.93. The first-order chi connectivity index (χ1) is 11.6. The van der Waals surface area contributed by atoms with Crippen molar-refractivity contribution in [1.82, 2.24) is 5.32 Å². The molecule has 1 atom stereocenters. The van der Waals surface area contributed by atoms with E-state index in [1.807, 2.05) is 0 Å². The third kappa shape index (κ3) is 3.18. The molecular formula is C18H14FNO4. The lowest BCUT2D eigenvalue weighted by Gasteiger charge is -2.12. The van der Waals surface area contributed by atoms with Crippen LogP contribution in [0.15, 0.2) is 63.8 Å². The number of carbonyl (C=O) groups is 1. The van der Waals surface area contributed by atoms with Gasteiger partial charge in [0.1, 0.15) is 11.4 Å². The summed E-state index contributed by atoms with van der Waals surface area (Å²) in [4.78, 5) is 24.1. The summed E-state index contributed by atoms with van der Waals surface area (Å²) in [6.45, 7) is -0.212. The molecule has 1 unspecified atom stereocenters. The minimum absolute atomic E-state index is 0.0813. The van der Waals surface area contributed by atoms with Crippen LogP contribution in [0.4, 0.5) is 4.39 Å². The van der Waals surface area contributed by atoms with E-state index in [2.05, 4.69) is 5.32 Å². The molecule has 122 valence electrons. The number of hydrogen-bond donors (Lipinski definition) is 2. The normalized spacial score (nSPS) is 12.1. The lowest BCUT2D eigenvalue weighted by molar-refractivity contribution is 0.0887. The summed E-state index contributed by atoms with van der Waals surface area (Å²) in [7, 11) is 0. The standard InChI is InChI=1S/C18H14FNO4/c19-13-7-3-1-5-11(13)15(22)10-20-18(23)17-9-14(21)12-6-2-4-8-16(12)24-17/h1-9,15,22H,10H2,(H,20,23). The molecule has 0 fully saturated rings. The number of aliphatic hydroxyl groups excluding tert-OH is 1. The summed E-state index contributed by atoms with van der Waals surface area (Å²) < 4.78 is 19.0. The second kappa shape index (κ2) is 6.64. The smallest absolute Gasteiger partial charge is 0.287 e. The number of halogens is 1. The van der Waals surface area contributed by atoms with Gasteiger partial charge in [0.25, 0.3) is 5.91 Å². The average molecular weight is 327 g/mol. The molecule has 0 aliphatic heterocycles. The van der Waals surface area contributed by atoms with Crippen LogP contribution in [0.25, 0.3) is 11.0 Å². The van der Waals surface area contributed by atoms with Crippen molar-refractivity contribution < 1.29 is 18.7 Å². The molecule has 1 amide bonds. The van der Waals surface area contributed by atoms with E-state index in [1.165, 1.54) is 18.2 Å². The molecule has 3 aromatic rings. The Balaban J connectivity index is 1.76. The first kappa shape index (κ1) is 15.9. The second-order valence-corrected chi connectivity index (χ2v) is 5.22. The van der Waals surface area contributed by atoms with Crippen LogP contribution in [0, 0.1) is 5.82 Å². The number of fused-ring (bicyclic) bond motifs is 1. The molecule has 5 nitrogen and oxygen atoms in total. The summed E-state index contributed by atoms with van der Waals surface area (Å²) in [6, 6.07) is 13.4. The topological polar surface area (TPSA) is 79.5 Å². The average Bonchev–Trinajstić information content (AvgIpc) is 2.59. The Morgan fingerprint density at radius 3 is 2.67 bits per heavy atom. The number of benzene rings is 2. The van der Waals surface area contributed by atoms with E-state index in [-0.39, 0.29) is 23.3 Å². The van der Waals surface area contributed by atoms with Crippen LogP contribution in [0.1, 0.15) is 22.2 Å². The van der Waals surface area contributed by atoms with Crippen LogP contribution in [-0.4, -0.2) is 17.6 Å². The molecular weight excluding hydrogens is 313 g/mol. The largest absolute Gasteiger partial charge is 0.451 e. The zero-order valence-corrected chi connectivity index (χ0v) is 12.5. The SMILES string of the molecule is O=C(NCC(O)c1ccccc1F)c1cc(=O)c2ccccc2o1. The fraction of sp³-hybridized carbons (Fsp3) is 0.111. The highest BCUT2D eigenvalue weighted by Crippen LogP contribution is 2.16. The van der Waals surface area contributed by atoms with E-state index in [1.54, 1.807) is 30.3 Å². The zero-order valence-electron chi connectivity index (χ0n) is 12.5. The lowest BCUT2D eigenvalue weighted by atomic mass is 10.1. The van der Waals surface area contributed by atoms with Gasteiger partial charge in [-0.25, -0.2) is 4.39 Å². The van der Waals surface area contributed by atoms with Gasteiger partial charge in [-0.3, -0.25) is 9.59 Å². The molecule has 1 heterocycles. The molecule has 2 N–H and O–H groups in total. The van der Waals surface area contributed by atoms with Crippen LogP contribution < -0.4 is 10.7 Å². The Bertz CT molecular complexity index is 951. The predicted molar refractivity (Wildman–Crippen MR) is 86.2 cm³/mol. The minimum atomic E-state index is -1.21. The highest BCUT2D eigenvalue weighted by Gasteiger charge is 2.16. The molecule has 0 aliphatic carbocycles. The molecule has 0 aliphatic rings. The van der Waals surface area contributed by atoms with Gasteiger partial charge >= 0.3 is 0 Å². The molecule has 24 heavy (non-hydrogen) atoms. The monoisotopic (exact) mass is 327 g/mol. The molecule has 0 spiro atoms. The molecule has 0 radical (unpaired) electrons. The van der Waals surface area contributed by atoms with Gasteiger partial charge in [0, 0.05) is 18.2 Å². The van der Waals surface area contributed by atoms with Gasteiger partial charge in [-0.05, 0) is 18.2 Å². The zero-order chi connectivity index (χ0) is 17.1. The minimum Gasteiger partial charge on any atom is -0.451 e. The van der Waals surface area contributed by atoms with Gasteiger partial charge in [0.05, 0.1) is 11.5 Å². The molecule has 0 saturated heterocycles. The Morgan fingerprint density at radius 2 is 1.88 bits per heavy atom. The Hall–Kier alpha value is -2.99. The van der Waals surface area contributed by atoms with Crippen molar-refractivity contribution in [1.29, 1.82) is 0 Å². The molecule has 0 saturated carbocycles. The number of nitrogens with one attached hydrogen (secondary N) is 1. The number of aliphatic hydroxyl groups is 1. The summed E-state index contributed by atoms with van der Waals surface area (Å²) in [5.74, 6) is -1.39. The Kier molecular flexibility index (Phi) is 4.39. The van der Waals surface area contributed by atoms with Gasteiger partial charge in [0.15, 0.2) is 11.2 Å². The summed E-state index contributed by atoms with van der Waals surface area (Å²) in [5.41, 5.74) is 0.0409. The first-order valence-corrected chi connectivity index (χ1v) is 7.30. The quantitative estimate of drug-likeness (QED) is 0.771. The summed E-state index contributed by atoms with van der Waals surface area (Å²) in [5, 5.41) is 12.8. The number of hydrogen-bond acceptors (Lipinski definition) is 4. The predicted octanol–water partition coefficient (Wildman–Crippen LogP) is 2.40. The van der Waals surface area contributed by atoms with Crippen molar-refractivity contribution in [2.45, 2.75) is 6.10 Å². The highest BCUT2D eigenvalue weighted by atomic mass is 19.1. The lowest BCUT2D eigenvalue weighted by Crippen LogP contribution is -2.29. The molecule has 3 rings (SSSR count). The maximum atomic E-state index is 13.6. The fourth-order valence-corrected chi connectivity index (χ4v) is 2.35. The third-order valence-corrected chi connectivity index (χ3v) is 3.58. The maximum Gasteiger partial charge on any atom is 0.287 e. The number of carbonyl (C=O) groups excluding carboxylic acids is 1. The van der Waals surface area contributed by atoms with Crippen molar-refractivity contribution >= 4 is 16.9 Å². The molecule has 6 heteroatoms. The fourth-order valence-electron chi connectivity index (χ4n) is 2.35. The van der Waals surface area contributed by atoms with Gasteiger partial charge < -0.3 is 14.8 Å². The number of para-hydroxylation sites is 1. The van der Waals surface area contributed by atoms with Crippen molar-refractivity contribution in [3.8, 4) is 0 Å². The number of amides is 1. The van der Waals surface area contributed by atoms with E-state index < -0.39 is 17.8 Å². The van der Waals surface area contributed by atoms with E-state index in [4.69, 9.17) is 4.42 Å². The van der Waals surface area contributed by atoms with Crippen LogP contribution in [0.3, 0.4) is 0 Å². The van der Waals surface area contributed by atoms with Crippen molar-refractivity contribution in [3.63, 3.8) is 0 Å². The van der Waals surface area contributed by atoms with Crippen molar-refractivity contribution in [2.75, 3.05) is 6.54 Å². The van der Waals surface area contributed by atoms with Crippen LogP contribution in [0.2, 0.25) is 0 Å². The van der Waals surface area contributed by atoms with Gasteiger partial charge in [-0.1, -0.05) is 30.3 Å². The van der Waals surface area contributed by atoms with Crippen LogP contribution >= 0.6 is 0 Å². The van der Waals surface area contributed by atoms with Gasteiger partial charge in [-0.15, -0.1) is 0 Å². The van der Waals surface area contributed by atoms with Crippen molar-refractivity contribution in [3.05, 3.63) is 82.0 Å². The number of rotatable bonds is 4. The molecule has 2 aromatic carbocycles. The van der Waals surface area contributed by atoms with Crippen LogP contribution in [-0.2, 0) is 0 Å². The molecule has 0 bridgehead atoms. The Labute approximate surface area is 136 Å². The van der Waals surface area contributed by atoms with E-state index >= 15 is 0 Å². The third-order valence-electron chi connectivity index (χ3n) is 3.58. The summed E-state index contributed by atoms with van der Waals surface area (Å²) in [6.07, 6.45) is -1.21. The van der Waals surface area contributed by atoms with Crippen LogP contribution in [0.5, 0.6) is 0 Å². The van der Waals surface area contributed by atoms with Crippen molar-refractivity contribution in [2.24, 2.45) is 0 Å². The van der Waals surface area contributed by atoms with E-state index in [0.29, 0.717) is 11.0 Å². The van der Waals surface area contributed by atoms with E-state index in [9.17, 15) is 19.1 Å².